The molecule has 0 radical (unpaired) electrons. The second kappa shape index (κ2) is 10.6. The van der Waals surface area contributed by atoms with Gasteiger partial charge in [-0.1, -0.05) is 51.9 Å². The Balaban J connectivity index is 2.05. The fourth-order valence-corrected chi connectivity index (χ4v) is 2.74. The lowest BCUT2D eigenvalue weighted by Gasteiger charge is -2.39. The predicted octanol–water partition coefficient (Wildman–Crippen LogP) is 3.48. The van der Waals surface area contributed by atoms with E-state index in [4.69, 9.17) is 5.11 Å². The van der Waals surface area contributed by atoms with Gasteiger partial charge in [-0.3, -0.25) is 5.43 Å². The maximum absolute atomic E-state index is 9.13. The van der Waals surface area contributed by atoms with Crippen molar-refractivity contribution < 1.29 is 5.11 Å². The second-order valence-electron chi connectivity index (χ2n) is 6.09. The van der Waals surface area contributed by atoms with Crippen LogP contribution in [0.1, 0.15) is 78.1 Å². The molecule has 1 atom stereocenters. The Morgan fingerprint density at radius 3 is 2.42 bits per heavy atom. The third kappa shape index (κ3) is 7.28. The zero-order valence-corrected chi connectivity index (χ0v) is 13.0. The van der Waals surface area contributed by atoms with E-state index in [1.807, 2.05) is 0 Å². The van der Waals surface area contributed by atoms with Gasteiger partial charge in [0.15, 0.2) is 0 Å². The Morgan fingerprint density at radius 2 is 1.84 bits per heavy atom. The molecule has 19 heavy (non-hydrogen) atoms. The minimum atomic E-state index is 0.257. The first kappa shape index (κ1) is 16.9. The van der Waals surface area contributed by atoms with Gasteiger partial charge < -0.3 is 5.11 Å². The molecule has 0 amide bonds. The third-order valence-electron chi connectivity index (χ3n) is 4.23. The molecule has 1 aliphatic rings. The summed E-state index contributed by atoms with van der Waals surface area (Å²) in [5, 5.41) is 11.4. The van der Waals surface area contributed by atoms with Crippen LogP contribution >= 0.6 is 0 Å². The molecule has 1 saturated carbocycles. The average molecular weight is 270 g/mol. The minimum Gasteiger partial charge on any atom is -0.395 e. The van der Waals surface area contributed by atoms with Crippen LogP contribution in [0.15, 0.2) is 0 Å². The van der Waals surface area contributed by atoms with E-state index < -0.39 is 0 Å². The molecule has 1 rings (SSSR count). The molecule has 0 saturated heterocycles. The van der Waals surface area contributed by atoms with Gasteiger partial charge in [0.1, 0.15) is 0 Å². The van der Waals surface area contributed by atoms with Gasteiger partial charge in [-0.2, -0.15) is 0 Å². The van der Waals surface area contributed by atoms with E-state index in [2.05, 4.69) is 24.3 Å². The summed E-state index contributed by atoms with van der Waals surface area (Å²) < 4.78 is 0. The maximum Gasteiger partial charge on any atom is 0.0572 e. The van der Waals surface area contributed by atoms with E-state index in [-0.39, 0.29) is 6.61 Å². The third-order valence-corrected chi connectivity index (χ3v) is 4.23. The largest absolute Gasteiger partial charge is 0.395 e. The Labute approximate surface area is 119 Å². The molecule has 0 bridgehead atoms. The average Bonchev–Trinajstić information content (AvgIpc) is 2.31. The summed E-state index contributed by atoms with van der Waals surface area (Å²) in [5.74, 6) is 0. The van der Waals surface area contributed by atoms with Crippen LogP contribution in [-0.2, 0) is 0 Å². The van der Waals surface area contributed by atoms with Crippen LogP contribution in [0.5, 0.6) is 0 Å². The van der Waals surface area contributed by atoms with E-state index in [9.17, 15) is 0 Å². The molecule has 0 aromatic heterocycles. The quantitative estimate of drug-likeness (QED) is 0.421. The minimum absolute atomic E-state index is 0.257. The zero-order valence-electron chi connectivity index (χ0n) is 13.0. The molecular weight excluding hydrogens is 236 g/mol. The van der Waals surface area contributed by atoms with Crippen LogP contribution < -0.4 is 5.43 Å². The predicted molar refractivity (Wildman–Crippen MR) is 82.0 cm³/mol. The van der Waals surface area contributed by atoms with Gasteiger partial charge >= 0.3 is 0 Å². The van der Waals surface area contributed by atoms with Crippen molar-refractivity contribution in [3.63, 3.8) is 0 Å². The number of hydrogen-bond acceptors (Lipinski definition) is 3. The monoisotopic (exact) mass is 270 g/mol. The highest BCUT2D eigenvalue weighted by Crippen LogP contribution is 2.23. The van der Waals surface area contributed by atoms with Gasteiger partial charge in [-0.05, 0) is 26.2 Å². The topological polar surface area (TPSA) is 35.5 Å². The molecule has 3 heteroatoms. The van der Waals surface area contributed by atoms with Crippen LogP contribution in [0.3, 0.4) is 0 Å². The van der Waals surface area contributed by atoms with Crippen molar-refractivity contribution in [2.45, 2.75) is 90.1 Å². The van der Waals surface area contributed by atoms with Gasteiger partial charge in [-0.15, -0.1) is 0 Å². The summed E-state index contributed by atoms with van der Waals surface area (Å²) in [6.07, 6.45) is 13.4. The van der Waals surface area contributed by atoms with E-state index in [1.54, 1.807) is 0 Å². The van der Waals surface area contributed by atoms with Crippen molar-refractivity contribution in [1.82, 2.24) is 10.4 Å². The number of aliphatic hydroxyl groups excluding tert-OH is 1. The molecule has 0 heterocycles. The summed E-state index contributed by atoms with van der Waals surface area (Å²) in [6.45, 7) is 5.57. The molecule has 0 spiro atoms. The maximum atomic E-state index is 9.13. The molecule has 1 aliphatic carbocycles. The van der Waals surface area contributed by atoms with Crippen molar-refractivity contribution in [3.05, 3.63) is 0 Å². The van der Waals surface area contributed by atoms with Crippen LogP contribution in [0.4, 0.5) is 0 Å². The molecule has 2 N–H and O–H groups in total. The number of rotatable bonds is 12. The SMILES string of the molecule is CCCCCCCCC(C)NN(CCO)C1CCC1. The normalized spacial score (nSPS) is 17.7. The van der Waals surface area contributed by atoms with E-state index in [1.165, 1.54) is 64.2 Å². The fourth-order valence-electron chi connectivity index (χ4n) is 2.74. The molecule has 0 aromatic carbocycles. The number of nitrogens with zero attached hydrogens (tertiary/aromatic N) is 1. The van der Waals surface area contributed by atoms with Crippen molar-refractivity contribution in [2.24, 2.45) is 0 Å². The summed E-state index contributed by atoms with van der Waals surface area (Å²) in [4.78, 5) is 0. The van der Waals surface area contributed by atoms with E-state index in [0.717, 1.165) is 6.54 Å². The molecule has 1 unspecified atom stereocenters. The number of nitrogens with one attached hydrogen (secondary N) is 1. The molecular formula is C16H34N2O. The van der Waals surface area contributed by atoms with Crippen molar-refractivity contribution >= 4 is 0 Å². The Bertz CT molecular complexity index is 207. The first-order chi connectivity index (χ1) is 9.27. The number of hydrazine groups is 1. The fraction of sp³-hybridized carbons (Fsp3) is 1.00. The summed E-state index contributed by atoms with van der Waals surface area (Å²) >= 11 is 0. The van der Waals surface area contributed by atoms with Crippen LogP contribution in [0, 0.1) is 0 Å². The van der Waals surface area contributed by atoms with Crippen molar-refractivity contribution in [2.75, 3.05) is 13.2 Å². The van der Waals surface area contributed by atoms with E-state index >= 15 is 0 Å². The van der Waals surface area contributed by atoms with Crippen LogP contribution in [-0.4, -0.2) is 35.4 Å². The van der Waals surface area contributed by atoms with Gasteiger partial charge in [0.25, 0.3) is 0 Å². The zero-order chi connectivity index (χ0) is 13.9. The molecule has 0 aliphatic heterocycles. The lowest BCUT2D eigenvalue weighted by molar-refractivity contribution is 0.0379. The summed E-state index contributed by atoms with van der Waals surface area (Å²) in [7, 11) is 0. The lowest BCUT2D eigenvalue weighted by Crippen LogP contribution is -2.53. The lowest BCUT2D eigenvalue weighted by atomic mass is 9.92. The van der Waals surface area contributed by atoms with Gasteiger partial charge in [0.05, 0.1) is 6.61 Å². The highest BCUT2D eigenvalue weighted by atomic mass is 16.3. The number of hydrogen-bond donors (Lipinski definition) is 2. The Hall–Kier alpha value is -0.120. The summed E-state index contributed by atoms with van der Waals surface area (Å²) in [6, 6.07) is 1.21. The molecule has 114 valence electrons. The van der Waals surface area contributed by atoms with Gasteiger partial charge in [-0.25, -0.2) is 5.01 Å². The standard InChI is InChI=1S/C16H34N2O/c1-3-4-5-6-7-8-10-15(2)17-18(13-14-19)16-11-9-12-16/h15-17,19H,3-14H2,1-2H3. The Morgan fingerprint density at radius 1 is 1.16 bits per heavy atom. The molecule has 0 aromatic rings. The second-order valence-corrected chi connectivity index (χ2v) is 6.09. The molecule has 1 fully saturated rings. The first-order valence-corrected chi connectivity index (χ1v) is 8.41. The smallest absolute Gasteiger partial charge is 0.0572 e. The highest BCUT2D eigenvalue weighted by Gasteiger charge is 2.25. The van der Waals surface area contributed by atoms with Crippen LogP contribution in [0.25, 0.3) is 0 Å². The van der Waals surface area contributed by atoms with E-state index in [0.29, 0.717) is 12.1 Å². The highest BCUT2D eigenvalue weighted by molar-refractivity contribution is 4.78. The summed E-state index contributed by atoms with van der Waals surface area (Å²) in [5.41, 5.74) is 3.60. The Kier molecular flexibility index (Phi) is 9.48. The van der Waals surface area contributed by atoms with Crippen molar-refractivity contribution in [1.29, 1.82) is 0 Å². The van der Waals surface area contributed by atoms with Crippen molar-refractivity contribution in [3.8, 4) is 0 Å². The number of aliphatic hydroxyl groups is 1. The van der Waals surface area contributed by atoms with Gasteiger partial charge in [0.2, 0.25) is 0 Å². The first-order valence-electron chi connectivity index (χ1n) is 8.41. The van der Waals surface area contributed by atoms with Crippen LogP contribution in [0.2, 0.25) is 0 Å². The van der Waals surface area contributed by atoms with Gasteiger partial charge in [0, 0.05) is 18.6 Å². The number of unbranched alkanes of at least 4 members (excludes halogenated alkanes) is 5. The molecule has 3 nitrogen and oxygen atoms in total.